The molecule has 1 amide bonds. The fourth-order valence-corrected chi connectivity index (χ4v) is 2.36. The molecule has 0 fully saturated rings. The Kier molecular flexibility index (Phi) is 4.57. The number of nitrogens with one attached hydrogen (secondary N) is 1. The fourth-order valence-electron chi connectivity index (χ4n) is 1.60. The van der Waals surface area contributed by atoms with Gasteiger partial charge < -0.3 is 5.32 Å². The molecule has 0 aliphatic heterocycles. The molecule has 2 aromatic carbocycles. The van der Waals surface area contributed by atoms with Gasteiger partial charge in [-0.15, -0.1) is 0 Å². The molecule has 5 heteroatoms. The molecule has 0 spiro atoms. The van der Waals surface area contributed by atoms with Gasteiger partial charge >= 0.3 is 0 Å². The summed E-state index contributed by atoms with van der Waals surface area (Å²) in [5.41, 5.74) is 1.15. The van der Waals surface area contributed by atoms with Crippen molar-refractivity contribution in [3.63, 3.8) is 0 Å². The van der Waals surface area contributed by atoms with Crippen LogP contribution in [0.25, 0.3) is 0 Å². The van der Waals surface area contributed by atoms with Crippen LogP contribution >= 0.6 is 38.5 Å². The Hall–Kier alpha value is -0.950. The van der Waals surface area contributed by atoms with E-state index in [0.29, 0.717) is 11.3 Å². The van der Waals surface area contributed by atoms with E-state index in [0.717, 1.165) is 8.04 Å². The molecular formula is C14H10BrFINO. The highest BCUT2D eigenvalue weighted by atomic mass is 127. The maximum absolute atomic E-state index is 13.8. The molecule has 0 unspecified atom stereocenters. The molecule has 0 bridgehead atoms. The van der Waals surface area contributed by atoms with Crippen molar-refractivity contribution in [2.24, 2.45) is 0 Å². The van der Waals surface area contributed by atoms with Gasteiger partial charge in [0.05, 0.1) is 5.56 Å². The number of hydrogen-bond acceptors (Lipinski definition) is 1. The zero-order valence-corrected chi connectivity index (χ0v) is 13.7. The second-order valence-corrected chi connectivity index (χ2v) is 6.04. The number of halogens is 3. The SMILES string of the molecule is Cc1cccc(C(=O)Nc2ccc(Br)c(I)c2)c1F. The van der Waals surface area contributed by atoms with Gasteiger partial charge in [0.2, 0.25) is 0 Å². The third-order valence-electron chi connectivity index (χ3n) is 2.61. The topological polar surface area (TPSA) is 29.1 Å². The molecule has 0 atom stereocenters. The summed E-state index contributed by atoms with van der Waals surface area (Å²) in [6.45, 7) is 1.63. The zero-order chi connectivity index (χ0) is 14.0. The summed E-state index contributed by atoms with van der Waals surface area (Å²) < 4.78 is 15.8. The van der Waals surface area contributed by atoms with Gasteiger partial charge in [-0.2, -0.15) is 0 Å². The number of rotatable bonds is 2. The van der Waals surface area contributed by atoms with Crippen molar-refractivity contribution in [1.29, 1.82) is 0 Å². The summed E-state index contributed by atoms with van der Waals surface area (Å²) in [5, 5.41) is 2.69. The van der Waals surface area contributed by atoms with Crippen LogP contribution < -0.4 is 5.32 Å². The van der Waals surface area contributed by atoms with Gasteiger partial charge in [0.1, 0.15) is 5.82 Å². The predicted octanol–water partition coefficient (Wildman–Crippen LogP) is 4.75. The molecule has 2 aromatic rings. The minimum Gasteiger partial charge on any atom is -0.322 e. The molecule has 0 heterocycles. The summed E-state index contributed by atoms with van der Waals surface area (Å²) in [4.78, 5) is 12.0. The molecule has 0 aliphatic carbocycles. The van der Waals surface area contributed by atoms with Gasteiger partial charge in [-0.3, -0.25) is 4.79 Å². The highest BCUT2D eigenvalue weighted by Gasteiger charge is 2.13. The van der Waals surface area contributed by atoms with E-state index in [4.69, 9.17) is 0 Å². The lowest BCUT2D eigenvalue weighted by Crippen LogP contribution is -2.14. The Bertz CT molecular complexity index is 645. The van der Waals surface area contributed by atoms with Gasteiger partial charge in [0, 0.05) is 13.7 Å². The second kappa shape index (κ2) is 6.00. The number of benzene rings is 2. The lowest BCUT2D eigenvalue weighted by atomic mass is 10.1. The van der Waals surface area contributed by atoms with Crippen LogP contribution in [0.3, 0.4) is 0 Å². The highest BCUT2D eigenvalue weighted by Crippen LogP contribution is 2.23. The monoisotopic (exact) mass is 433 g/mol. The Labute approximate surface area is 132 Å². The molecular weight excluding hydrogens is 424 g/mol. The first-order valence-electron chi connectivity index (χ1n) is 5.50. The molecule has 1 N–H and O–H groups in total. The molecule has 0 radical (unpaired) electrons. The quantitative estimate of drug-likeness (QED) is 0.680. The Morgan fingerprint density at radius 3 is 2.74 bits per heavy atom. The molecule has 0 saturated carbocycles. The van der Waals surface area contributed by atoms with Crippen LogP contribution in [0.2, 0.25) is 0 Å². The van der Waals surface area contributed by atoms with Crippen molar-refractivity contribution in [3.05, 3.63) is 61.4 Å². The predicted molar refractivity (Wildman–Crippen MR) is 85.9 cm³/mol. The molecule has 19 heavy (non-hydrogen) atoms. The van der Waals surface area contributed by atoms with E-state index in [1.54, 1.807) is 25.1 Å². The van der Waals surface area contributed by atoms with Crippen molar-refractivity contribution < 1.29 is 9.18 Å². The number of aryl methyl sites for hydroxylation is 1. The molecule has 98 valence electrons. The molecule has 0 aromatic heterocycles. The van der Waals surface area contributed by atoms with Gasteiger partial charge in [-0.25, -0.2) is 4.39 Å². The first-order valence-corrected chi connectivity index (χ1v) is 7.37. The summed E-state index contributed by atoms with van der Waals surface area (Å²) in [6.07, 6.45) is 0. The number of carbonyl (C=O) groups is 1. The van der Waals surface area contributed by atoms with E-state index in [1.165, 1.54) is 6.07 Å². The maximum atomic E-state index is 13.8. The standard InChI is InChI=1S/C14H10BrFINO/c1-8-3-2-4-10(13(8)16)14(19)18-9-5-6-11(15)12(17)7-9/h2-7H,1H3,(H,18,19). The fraction of sp³-hybridized carbons (Fsp3) is 0.0714. The van der Waals surface area contributed by atoms with E-state index >= 15 is 0 Å². The average molecular weight is 434 g/mol. The highest BCUT2D eigenvalue weighted by molar-refractivity contribution is 14.1. The van der Waals surface area contributed by atoms with Gasteiger partial charge in [-0.1, -0.05) is 12.1 Å². The Balaban J connectivity index is 2.26. The summed E-state index contributed by atoms with van der Waals surface area (Å²) >= 11 is 5.53. The normalized spacial score (nSPS) is 10.3. The molecule has 2 rings (SSSR count). The van der Waals surface area contributed by atoms with Gasteiger partial charge in [0.15, 0.2) is 0 Å². The van der Waals surface area contributed by atoms with Gasteiger partial charge in [0.25, 0.3) is 5.91 Å². The summed E-state index contributed by atoms with van der Waals surface area (Å²) in [6, 6.07) is 10.2. The lowest BCUT2D eigenvalue weighted by Gasteiger charge is -2.08. The van der Waals surface area contributed by atoms with Crippen molar-refractivity contribution >= 4 is 50.1 Å². The lowest BCUT2D eigenvalue weighted by molar-refractivity contribution is 0.102. The summed E-state index contributed by atoms with van der Waals surface area (Å²) in [7, 11) is 0. The molecule has 2 nitrogen and oxygen atoms in total. The van der Waals surface area contributed by atoms with E-state index in [-0.39, 0.29) is 5.56 Å². The minimum atomic E-state index is -0.480. The first kappa shape index (κ1) is 14.5. The van der Waals surface area contributed by atoms with Crippen LogP contribution in [-0.2, 0) is 0 Å². The van der Waals surface area contributed by atoms with Crippen LogP contribution in [-0.4, -0.2) is 5.91 Å². The number of carbonyl (C=O) groups excluding carboxylic acids is 1. The number of hydrogen-bond donors (Lipinski definition) is 1. The average Bonchev–Trinajstić information content (AvgIpc) is 2.37. The van der Waals surface area contributed by atoms with Crippen LogP contribution in [0.4, 0.5) is 10.1 Å². The van der Waals surface area contributed by atoms with Crippen molar-refractivity contribution in [3.8, 4) is 0 Å². The number of anilines is 1. The minimum absolute atomic E-state index is 0.0536. The summed E-state index contributed by atoms with van der Waals surface area (Å²) in [5.74, 6) is -0.925. The van der Waals surface area contributed by atoms with Crippen molar-refractivity contribution in [2.75, 3.05) is 5.32 Å². The first-order chi connectivity index (χ1) is 8.99. The third-order valence-corrected chi connectivity index (χ3v) is 4.94. The van der Waals surface area contributed by atoms with E-state index in [1.807, 2.05) is 12.1 Å². The van der Waals surface area contributed by atoms with Crippen LogP contribution in [0.1, 0.15) is 15.9 Å². The maximum Gasteiger partial charge on any atom is 0.258 e. The van der Waals surface area contributed by atoms with E-state index < -0.39 is 11.7 Å². The number of amides is 1. The largest absolute Gasteiger partial charge is 0.322 e. The van der Waals surface area contributed by atoms with Crippen LogP contribution in [0.15, 0.2) is 40.9 Å². The third kappa shape index (κ3) is 3.33. The van der Waals surface area contributed by atoms with E-state index in [2.05, 4.69) is 43.8 Å². The van der Waals surface area contributed by atoms with Crippen molar-refractivity contribution in [2.45, 2.75) is 6.92 Å². The molecule has 0 aliphatic rings. The van der Waals surface area contributed by atoms with Gasteiger partial charge in [-0.05, 0) is 75.3 Å². The van der Waals surface area contributed by atoms with E-state index in [9.17, 15) is 9.18 Å². The van der Waals surface area contributed by atoms with Crippen LogP contribution in [0.5, 0.6) is 0 Å². The Morgan fingerprint density at radius 1 is 1.32 bits per heavy atom. The zero-order valence-electron chi connectivity index (χ0n) is 10.0. The Morgan fingerprint density at radius 2 is 2.05 bits per heavy atom. The second-order valence-electron chi connectivity index (χ2n) is 4.02. The smallest absolute Gasteiger partial charge is 0.258 e. The molecule has 0 saturated heterocycles. The van der Waals surface area contributed by atoms with Crippen molar-refractivity contribution in [1.82, 2.24) is 0 Å². The van der Waals surface area contributed by atoms with Crippen LogP contribution in [0, 0.1) is 16.3 Å².